The van der Waals surface area contributed by atoms with Crippen LogP contribution in [0.3, 0.4) is 0 Å². The average molecular weight is 260 g/mol. The Kier molecular flexibility index (Phi) is 256. The van der Waals surface area contributed by atoms with Gasteiger partial charge in [0.05, 0.1) is 0 Å². The Morgan fingerprint density at radius 3 is 0.611 bits per heavy atom. The van der Waals surface area contributed by atoms with E-state index in [4.69, 9.17) is 20.4 Å². The molecule has 0 aliphatic rings. The van der Waals surface area contributed by atoms with Crippen molar-refractivity contribution in [3.05, 3.63) is 36.4 Å². The average Bonchev–Trinajstić information content (AvgIpc) is 2.10. The Morgan fingerprint density at radius 2 is 0.556 bits per heavy atom. The van der Waals surface area contributed by atoms with E-state index in [1.54, 1.807) is 0 Å². The number of isocyanates is 2. The molecule has 2 N–H and O–H groups in total. The molecule has 0 spiro atoms. The van der Waals surface area contributed by atoms with Crippen molar-refractivity contribution in [2.24, 2.45) is 0 Å². The molecule has 1 aromatic rings. The van der Waals surface area contributed by atoms with Crippen LogP contribution in [0.15, 0.2) is 36.4 Å². The lowest BCUT2D eigenvalue weighted by Crippen LogP contribution is -1.47. The van der Waals surface area contributed by atoms with Gasteiger partial charge in [0.15, 0.2) is 0 Å². The maximum atomic E-state index is 8.35. The number of rotatable bonds is 0. The van der Waals surface area contributed by atoms with Gasteiger partial charge in [-0.3, -0.25) is 0 Å². The second-order valence-corrected chi connectivity index (χ2v) is 1.36. The van der Waals surface area contributed by atoms with Gasteiger partial charge in [-0.15, -0.1) is 0 Å². The fraction of sp³-hybridized carbons (Fsp3) is 0.429. The summed E-state index contributed by atoms with van der Waals surface area (Å²) in [5, 5.41) is 10.8. The van der Waals surface area contributed by atoms with Gasteiger partial charge in [0.25, 0.3) is 0 Å². The van der Waals surface area contributed by atoms with Crippen LogP contribution in [0.4, 0.5) is 0 Å². The molecular formula is C14H32N2O2. The van der Waals surface area contributed by atoms with Crippen molar-refractivity contribution in [3.8, 4) is 0 Å². The van der Waals surface area contributed by atoms with Crippen LogP contribution in [0.1, 0.15) is 44.6 Å². The molecule has 0 fully saturated rings. The van der Waals surface area contributed by atoms with E-state index in [1.807, 2.05) is 36.4 Å². The molecule has 18 heavy (non-hydrogen) atoms. The zero-order valence-electron chi connectivity index (χ0n) is 6.28. The quantitative estimate of drug-likeness (QED) is 0.490. The van der Waals surface area contributed by atoms with Crippen LogP contribution in [0, 0.1) is 10.8 Å². The van der Waals surface area contributed by atoms with Crippen LogP contribution < -0.4 is 0 Å². The van der Waals surface area contributed by atoms with Crippen LogP contribution in [0.2, 0.25) is 0 Å². The molecule has 0 atom stereocenters. The highest BCUT2D eigenvalue weighted by molar-refractivity contribution is 5.26. The van der Waals surface area contributed by atoms with E-state index in [1.165, 1.54) is 0 Å². The summed E-state index contributed by atoms with van der Waals surface area (Å²) in [7, 11) is 0. The minimum absolute atomic E-state index is 0. The molecule has 0 radical (unpaired) electrons. The molecule has 110 valence electrons. The topological polar surface area (TPSA) is 81.8 Å². The molecule has 0 saturated heterocycles. The van der Waals surface area contributed by atoms with Crippen LogP contribution in [-0.4, -0.2) is 12.2 Å². The number of nitrogens with one attached hydrogen (secondary N) is 2. The fourth-order valence-electron chi connectivity index (χ4n) is 0.385. The van der Waals surface area contributed by atoms with Crippen molar-refractivity contribution in [1.82, 2.24) is 0 Å². The molecule has 0 saturated carbocycles. The first-order chi connectivity index (χ1) is 5.83. The lowest BCUT2D eigenvalue weighted by molar-refractivity contribution is 0.562. The molecule has 1 aromatic carbocycles. The van der Waals surface area contributed by atoms with E-state index in [0.29, 0.717) is 0 Å². The Bertz CT molecular complexity index is 199. The van der Waals surface area contributed by atoms with Crippen LogP contribution in [0.25, 0.3) is 0 Å². The number of hydrogen-bond acceptors (Lipinski definition) is 4. The molecule has 4 nitrogen and oxygen atoms in total. The maximum absolute atomic E-state index is 8.35. The molecule has 0 amide bonds. The first-order valence-corrected chi connectivity index (χ1v) is 2.91. The molecule has 0 aliphatic carbocycles. The summed E-state index contributed by atoms with van der Waals surface area (Å²) in [6.45, 7) is 0. The molecular weight excluding hydrogens is 228 g/mol. The summed E-state index contributed by atoms with van der Waals surface area (Å²) in [4.78, 5) is 16.7. The van der Waals surface area contributed by atoms with Gasteiger partial charge in [-0.25, -0.2) is 20.4 Å². The van der Waals surface area contributed by atoms with Crippen molar-refractivity contribution in [2.75, 3.05) is 0 Å². The molecule has 1 rings (SSSR count). The second-order valence-electron chi connectivity index (χ2n) is 1.36. The minimum Gasteiger partial charge on any atom is -0.222 e. The van der Waals surface area contributed by atoms with Crippen molar-refractivity contribution in [1.29, 1.82) is 10.8 Å². The third-order valence-corrected chi connectivity index (χ3v) is 0.667. The summed E-state index contributed by atoms with van der Waals surface area (Å²) < 4.78 is 0. The first-order valence-electron chi connectivity index (χ1n) is 2.91. The number of carbonyl (C=O) groups excluding carboxylic acids is 2. The lowest BCUT2D eigenvalue weighted by atomic mass is 10.4. The summed E-state index contributed by atoms with van der Waals surface area (Å²) >= 11 is 0. The lowest BCUT2D eigenvalue weighted by Gasteiger charge is -1.69. The first kappa shape index (κ1) is 56.3. The normalized spacial score (nSPS) is 3.56. The number of benzene rings is 1. The van der Waals surface area contributed by atoms with Gasteiger partial charge in [0, 0.05) is 0 Å². The second kappa shape index (κ2) is 81.9. The van der Waals surface area contributed by atoms with Crippen molar-refractivity contribution < 1.29 is 9.59 Å². The zero-order valence-corrected chi connectivity index (χ0v) is 6.28. The van der Waals surface area contributed by atoms with Crippen molar-refractivity contribution in [2.45, 2.75) is 44.6 Å². The van der Waals surface area contributed by atoms with Crippen molar-refractivity contribution in [3.63, 3.8) is 0 Å². The highest BCUT2D eigenvalue weighted by atomic mass is 16.1. The Hall–Kier alpha value is -2.02. The molecule has 0 aliphatic heterocycles. The zero-order chi connectivity index (χ0) is 9.66. The summed E-state index contributed by atoms with van der Waals surface area (Å²) in [6, 6.07) is 12.0. The molecule has 0 bridgehead atoms. The summed E-state index contributed by atoms with van der Waals surface area (Å²) in [5.41, 5.74) is 0. The standard InChI is InChI=1S/C6H6.2CHNO.6CH4/c1-2-4-6-5-3-1;2*2-1-3;;;;;;/h1-6H;2*2H;6*1H4. The summed E-state index contributed by atoms with van der Waals surface area (Å²) in [5.74, 6) is 0. The highest BCUT2D eigenvalue weighted by Crippen LogP contribution is 1.79. The highest BCUT2D eigenvalue weighted by Gasteiger charge is 1.57. The fourth-order valence-corrected chi connectivity index (χ4v) is 0.385. The van der Waals surface area contributed by atoms with Gasteiger partial charge >= 0.3 is 0 Å². The monoisotopic (exact) mass is 260 g/mol. The molecule has 0 heterocycles. The van der Waals surface area contributed by atoms with Gasteiger partial charge in [-0.05, 0) is 0 Å². The predicted molar refractivity (Wildman–Crippen MR) is 83.7 cm³/mol. The van der Waals surface area contributed by atoms with Gasteiger partial charge in [0.2, 0.25) is 12.2 Å². The maximum Gasteiger partial charge on any atom is 0.231 e. The largest absolute Gasteiger partial charge is 0.231 e. The summed E-state index contributed by atoms with van der Waals surface area (Å²) in [6.07, 6.45) is 1.50. The van der Waals surface area contributed by atoms with Crippen LogP contribution >= 0.6 is 0 Å². The van der Waals surface area contributed by atoms with E-state index in [2.05, 4.69) is 0 Å². The predicted octanol–water partition coefficient (Wildman–Crippen LogP) is 5.31. The van der Waals surface area contributed by atoms with Crippen molar-refractivity contribution >= 4 is 12.2 Å². The van der Waals surface area contributed by atoms with Crippen LogP contribution in [-0.2, 0) is 9.59 Å². The van der Waals surface area contributed by atoms with E-state index >= 15 is 0 Å². The minimum atomic E-state index is 0. The van der Waals surface area contributed by atoms with Gasteiger partial charge in [-0.1, -0.05) is 81.0 Å². The number of hydrogen-bond donors (Lipinski definition) is 2. The van der Waals surface area contributed by atoms with E-state index < -0.39 is 0 Å². The molecule has 0 unspecified atom stereocenters. The van der Waals surface area contributed by atoms with E-state index in [0.717, 1.165) is 12.2 Å². The van der Waals surface area contributed by atoms with Gasteiger partial charge < -0.3 is 0 Å². The molecule has 0 aromatic heterocycles. The Labute approximate surface area is 114 Å². The van der Waals surface area contributed by atoms with Crippen LogP contribution in [0.5, 0.6) is 0 Å². The van der Waals surface area contributed by atoms with Gasteiger partial charge in [0.1, 0.15) is 0 Å². The third-order valence-electron chi connectivity index (χ3n) is 0.667. The SMILES string of the molecule is C.C.C.C.C.C.N=C=O.N=C=O.c1ccccc1. The van der Waals surface area contributed by atoms with E-state index in [9.17, 15) is 0 Å². The Morgan fingerprint density at radius 1 is 0.500 bits per heavy atom. The third kappa shape index (κ3) is 149. The Balaban J connectivity index is -0.0000000128. The smallest absolute Gasteiger partial charge is 0.222 e. The van der Waals surface area contributed by atoms with E-state index in [-0.39, 0.29) is 44.6 Å². The van der Waals surface area contributed by atoms with Gasteiger partial charge in [-0.2, -0.15) is 0 Å². The molecule has 4 heteroatoms.